The standard InChI is InChI=1S/C13H19NO/c1-3-12-8-9-13(15-12)10(2)14-11-6-4-5-7-11/h4-5,8-11,14H,3,6-7H2,1-2H3. The summed E-state index contributed by atoms with van der Waals surface area (Å²) in [6.07, 6.45) is 7.74. The highest BCUT2D eigenvalue weighted by Crippen LogP contribution is 2.20. The molecule has 0 bridgehead atoms. The Labute approximate surface area is 91.4 Å². The van der Waals surface area contributed by atoms with E-state index in [1.807, 2.05) is 0 Å². The minimum absolute atomic E-state index is 0.315. The largest absolute Gasteiger partial charge is 0.464 e. The van der Waals surface area contributed by atoms with E-state index in [1.54, 1.807) is 0 Å². The molecule has 0 fully saturated rings. The summed E-state index contributed by atoms with van der Waals surface area (Å²) in [4.78, 5) is 0. The zero-order valence-corrected chi connectivity index (χ0v) is 9.49. The van der Waals surface area contributed by atoms with E-state index in [4.69, 9.17) is 4.42 Å². The third kappa shape index (κ3) is 2.51. The summed E-state index contributed by atoms with van der Waals surface area (Å²) in [5, 5.41) is 3.58. The lowest BCUT2D eigenvalue weighted by molar-refractivity contribution is 0.380. The lowest BCUT2D eigenvalue weighted by Gasteiger charge is -2.17. The quantitative estimate of drug-likeness (QED) is 0.763. The second-order valence-electron chi connectivity index (χ2n) is 4.19. The number of furan rings is 1. The second-order valence-corrected chi connectivity index (χ2v) is 4.19. The molecule has 2 nitrogen and oxygen atoms in total. The summed E-state index contributed by atoms with van der Waals surface area (Å²) >= 11 is 0. The molecule has 2 rings (SSSR count). The fourth-order valence-electron chi connectivity index (χ4n) is 2.01. The zero-order chi connectivity index (χ0) is 10.7. The van der Waals surface area contributed by atoms with Crippen LogP contribution in [0.15, 0.2) is 28.7 Å². The second kappa shape index (κ2) is 4.67. The topological polar surface area (TPSA) is 25.2 Å². The molecule has 0 spiro atoms. The van der Waals surface area contributed by atoms with Gasteiger partial charge in [0, 0.05) is 12.5 Å². The van der Waals surface area contributed by atoms with Crippen molar-refractivity contribution in [1.29, 1.82) is 0 Å². The van der Waals surface area contributed by atoms with E-state index in [1.165, 1.54) is 0 Å². The summed E-state index contributed by atoms with van der Waals surface area (Å²) in [7, 11) is 0. The minimum atomic E-state index is 0.315. The molecule has 1 heterocycles. The Morgan fingerprint density at radius 3 is 2.73 bits per heavy atom. The van der Waals surface area contributed by atoms with Crippen LogP contribution in [0.5, 0.6) is 0 Å². The van der Waals surface area contributed by atoms with Crippen molar-refractivity contribution in [3.8, 4) is 0 Å². The number of rotatable bonds is 4. The van der Waals surface area contributed by atoms with Crippen LogP contribution < -0.4 is 5.32 Å². The van der Waals surface area contributed by atoms with Crippen molar-refractivity contribution in [2.45, 2.75) is 45.2 Å². The molecule has 0 radical (unpaired) electrons. The number of hydrogen-bond acceptors (Lipinski definition) is 2. The first-order valence-electron chi connectivity index (χ1n) is 5.79. The summed E-state index contributed by atoms with van der Waals surface area (Å²) in [6.45, 7) is 4.28. The minimum Gasteiger partial charge on any atom is -0.464 e. The summed E-state index contributed by atoms with van der Waals surface area (Å²) in [6, 6.07) is 5.06. The van der Waals surface area contributed by atoms with Crippen LogP contribution in [-0.4, -0.2) is 6.04 Å². The lowest BCUT2D eigenvalue weighted by atomic mass is 10.2. The Hall–Kier alpha value is -1.02. The van der Waals surface area contributed by atoms with Crippen LogP contribution in [0, 0.1) is 0 Å². The molecule has 1 aliphatic carbocycles. The maximum absolute atomic E-state index is 5.72. The highest BCUT2D eigenvalue weighted by molar-refractivity contribution is 5.11. The van der Waals surface area contributed by atoms with Gasteiger partial charge in [-0.15, -0.1) is 0 Å². The van der Waals surface area contributed by atoms with Crippen LogP contribution in [0.4, 0.5) is 0 Å². The van der Waals surface area contributed by atoms with Crippen molar-refractivity contribution in [2.24, 2.45) is 0 Å². The average molecular weight is 205 g/mol. The van der Waals surface area contributed by atoms with E-state index < -0.39 is 0 Å². The molecule has 0 saturated carbocycles. The van der Waals surface area contributed by atoms with Crippen LogP contribution in [0.1, 0.15) is 44.3 Å². The van der Waals surface area contributed by atoms with E-state index in [0.717, 1.165) is 30.8 Å². The summed E-state index contributed by atoms with van der Waals surface area (Å²) < 4.78 is 5.72. The molecule has 0 aliphatic heterocycles. The van der Waals surface area contributed by atoms with E-state index in [0.29, 0.717) is 12.1 Å². The van der Waals surface area contributed by atoms with Crippen molar-refractivity contribution < 1.29 is 4.42 Å². The molecule has 1 aromatic rings. The summed E-state index contributed by atoms with van der Waals surface area (Å²) in [5.41, 5.74) is 0. The molecule has 1 aromatic heterocycles. The SMILES string of the molecule is CCc1ccc(C(C)NC2CC=CC2)o1. The number of aryl methyl sites for hydroxylation is 1. The van der Waals surface area contributed by atoms with Gasteiger partial charge in [-0.2, -0.15) is 0 Å². The van der Waals surface area contributed by atoms with Gasteiger partial charge in [0.15, 0.2) is 0 Å². The van der Waals surface area contributed by atoms with Gasteiger partial charge >= 0.3 is 0 Å². The molecule has 0 amide bonds. The van der Waals surface area contributed by atoms with Gasteiger partial charge in [0.05, 0.1) is 6.04 Å². The number of hydrogen-bond donors (Lipinski definition) is 1. The van der Waals surface area contributed by atoms with Crippen molar-refractivity contribution in [2.75, 3.05) is 0 Å². The van der Waals surface area contributed by atoms with Gasteiger partial charge in [-0.05, 0) is 31.9 Å². The van der Waals surface area contributed by atoms with E-state index >= 15 is 0 Å². The Balaban J connectivity index is 1.91. The summed E-state index contributed by atoms with van der Waals surface area (Å²) in [5.74, 6) is 2.13. The van der Waals surface area contributed by atoms with Crippen LogP contribution >= 0.6 is 0 Å². The first kappa shape index (κ1) is 10.5. The Morgan fingerprint density at radius 2 is 2.13 bits per heavy atom. The molecule has 82 valence electrons. The Kier molecular flexibility index (Phi) is 3.27. The van der Waals surface area contributed by atoms with Crippen LogP contribution in [-0.2, 0) is 6.42 Å². The molecule has 15 heavy (non-hydrogen) atoms. The van der Waals surface area contributed by atoms with E-state index in [9.17, 15) is 0 Å². The predicted octanol–water partition coefficient (Wildman–Crippen LogP) is 3.21. The van der Waals surface area contributed by atoms with Crippen molar-refractivity contribution >= 4 is 0 Å². The molecule has 1 aliphatic rings. The molecule has 0 saturated heterocycles. The molecule has 2 heteroatoms. The van der Waals surface area contributed by atoms with E-state index in [-0.39, 0.29) is 0 Å². The predicted molar refractivity (Wildman–Crippen MR) is 61.8 cm³/mol. The third-order valence-corrected chi connectivity index (χ3v) is 2.95. The third-order valence-electron chi connectivity index (χ3n) is 2.95. The normalized spacial score (nSPS) is 18.5. The average Bonchev–Trinajstić information content (AvgIpc) is 2.86. The maximum Gasteiger partial charge on any atom is 0.120 e. The van der Waals surface area contributed by atoms with Crippen molar-refractivity contribution in [1.82, 2.24) is 5.32 Å². The molecule has 1 N–H and O–H groups in total. The molecule has 0 aromatic carbocycles. The van der Waals surface area contributed by atoms with Crippen LogP contribution in [0.25, 0.3) is 0 Å². The van der Waals surface area contributed by atoms with Gasteiger partial charge in [-0.3, -0.25) is 0 Å². The monoisotopic (exact) mass is 205 g/mol. The molecular formula is C13H19NO. The Bertz CT molecular complexity index is 332. The highest BCUT2D eigenvalue weighted by atomic mass is 16.3. The van der Waals surface area contributed by atoms with Crippen molar-refractivity contribution in [3.05, 3.63) is 35.8 Å². The van der Waals surface area contributed by atoms with E-state index in [2.05, 4.69) is 43.4 Å². The zero-order valence-electron chi connectivity index (χ0n) is 9.49. The lowest BCUT2D eigenvalue weighted by Crippen LogP contribution is -2.28. The first-order valence-corrected chi connectivity index (χ1v) is 5.79. The van der Waals surface area contributed by atoms with Gasteiger partial charge in [0.25, 0.3) is 0 Å². The number of nitrogens with one attached hydrogen (secondary N) is 1. The molecular weight excluding hydrogens is 186 g/mol. The van der Waals surface area contributed by atoms with Gasteiger partial charge < -0.3 is 9.73 Å². The highest BCUT2D eigenvalue weighted by Gasteiger charge is 2.16. The van der Waals surface area contributed by atoms with Crippen LogP contribution in [0.2, 0.25) is 0 Å². The van der Waals surface area contributed by atoms with Crippen LogP contribution in [0.3, 0.4) is 0 Å². The van der Waals surface area contributed by atoms with Gasteiger partial charge in [-0.25, -0.2) is 0 Å². The van der Waals surface area contributed by atoms with Gasteiger partial charge in [-0.1, -0.05) is 19.1 Å². The first-order chi connectivity index (χ1) is 7.29. The van der Waals surface area contributed by atoms with Gasteiger partial charge in [0.1, 0.15) is 11.5 Å². The smallest absolute Gasteiger partial charge is 0.120 e. The molecule has 1 atom stereocenters. The Morgan fingerprint density at radius 1 is 1.40 bits per heavy atom. The molecule has 1 unspecified atom stereocenters. The van der Waals surface area contributed by atoms with Crippen molar-refractivity contribution in [3.63, 3.8) is 0 Å². The fraction of sp³-hybridized carbons (Fsp3) is 0.538. The fourth-order valence-corrected chi connectivity index (χ4v) is 2.01. The van der Waals surface area contributed by atoms with Gasteiger partial charge in [0.2, 0.25) is 0 Å². The maximum atomic E-state index is 5.72.